The third kappa shape index (κ3) is 5.90. The Balaban J connectivity index is 2.52. The molecule has 0 saturated heterocycles. The topological polar surface area (TPSA) is 128 Å². The predicted octanol–water partition coefficient (Wildman–Crippen LogP) is 3.59. The van der Waals surface area contributed by atoms with Crippen molar-refractivity contribution < 1.29 is 47.3 Å². The molecule has 0 amide bonds. The number of unbranched alkanes of at least 4 members (excludes halogenated alkanes) is 1. The maximum absolute atomic E-state index is 13.3. The lowest BCUT2D eigenvalue weighted by Gasteiger charge is -2.18. The Morgan fingerprint density at radius 3 is 2.12 bits per heavy atom. The van der Waals surface area contributed by atoms with E-state index in [-0.39, 0.29) is 67.8 Å². The summed E-state index contributed by atoms with van der Waals surface area (Å²) >= 11 is 0. The number of esters is 4. The summed E-state index contributed by atoms with van der Waals surface area (Å²) in [6.45, 7) is 8.74. The fourth-order valence-electron chi connectivity index (χ4n) is 4.09. The number of ether oxygens (including phenoxy) is 5. The number of hydrogen-bond acceptors (Lipinski definition) is 10. The maximum Gasteiger partial charge on any atom is 0.375 e. The SMILES string of the molecule is CCOC(=O)c1oc(OCC)c([C@@]2(C(=O)OCC)C[C@@H]2CCCCOC(C)=O)c1C(=O)OCC. The van der Waals surface area contributed by atoms with E-state index in [0.717, 1.165) is 0 Å². The Morgan fingerprint density at radius 1 is 0.882 bits per heavy atom. The van der Waals surface area contributed by atoms with Crippen LogP contribution in [0.1, 0.15) is 86.8 Å². The third-order valence-corrected chi connectivity index (χ3v) is 5.53. The van der Waals surface area contributed by atoms with Crippen molar-refractivity contribution in [3.8, 4) is 5.95 Å². The van der Waals surface area contributed by atoms with Gasteiger partial charge in [-0.05, 0) is 59.3 Å². The number of carbonyl (C=O) groups is 4. The highest BCUT2D eigenvalue weighted by Gasteiger charge is 2.66. The van der Waals surface area contributed by atoms with Gasteiger partial charge >= 0.3 is 23.9 Å². The first kappa shape index (κ1) is 27.2. The lowest BCUT2D eigenvalue weighted by Crippen LogP contribution is -2.29. The summed E-state index contributed by atoms with van der Waals surface area (Å²) in [5.41, 5.74) is -1.23. The van der Waals surface area contributed by atoms with Crippen LogP contribution in [0.5, 0.6) is 5.95 Å². The second kappa shape index (κ2) is 12.4. The largest absolute Gasteiger partial charge is 0.466 e. The van der Waals surface area contributed by atoms with Gasteiger partial charge in [0.05, 0.1) is 38.6 Å². The van der Waals surface area contributed by atoms with Crippen LogP contribution in [0.15, 0.2) is 4.42 Å². The monoisotopic (exact) mass is 482 g/mol. The van der Waals surface area contributed by atoms with Crippen molar-refractivity contribution in [3.63, 3.8) is 0 Å². The molecule has 1 saturated carbocycles. The highest BCUT2D eigenvalue weighted by atomic mass is 16.6. The van der Waals surface area contributed by atoms with Crippen molar-refractivity contribution in [2.75, 3.05) is 33.0 Å². The molecule has 1 aliphatic rings. The smallest absolute Gasteiger partial charge is 0.375 e. The molecule has 1 aromatic heterocycles. The summed E-state index contributed by atoms with van der Waals surface area (Å²) in [5.74, 6) is -3.17. The quantitative estimate of drug-likeness (QED) is 0.220. The van der Waals surface area contributed by atoms with Gasteiger partial charge in [-0.25, -0.2) is 9.59 Å². The Bertz CT molecular complexity index is 887. The summed E-state index contributed by atoms with van der Waals surface area (Å²) < 4.78 is 31.9. The Morgan fingerprint density at radius 2 is 1.53 bits per heavy atom. The molecule has 0 N–H and O–H groups in total. The summed E-state index contributed by atoms with van der Waals surface area (Å²) in [5, 5.41) is 0. The first-order valence-corrected chi connectivity index (χ1v) is 11.7. The van der Waals surface area contributed by atoms with Crippen LogP contribution < -0.4 is 4.74 Å². The molecule has 190 valence electrons. The lowest BCUT2D eigenvalue weighted by molar-refractivity contribution is -0.147. The average Bonchev–Trinajstić information content (AvgIpc) is 3.38. The van der Waals surface area contributed by atoms with Gasteiger partial charge in [0, 0.05) is 6.92 Å². The molecule has 34 heavy (non-hydrogen) atoms. The first-order chi connectivity index (χ1) is 16.3. The van der Waals surface area contributed by atoms with Crippen molar-refractivity contribution >= 4 is 23.9 Å². The van der Waals surface area contributed by atoms with E-state index in [1.807, 2.05) is 0 Å². The van der Waals surface area contributed by atoms with E-state index in [1.165, 1.54) is 6.92 Å². The van der Waals surface area contributed by atoms with Crippen molar-refractivity contribution in [2.45, 2.75) is 65.7 Å². The second-order valence-electron chi connectivity index (χ2n) is 7.77. The van der Waals surface area contributed by atoms with Crippen LogP contribution in [-0.2, 0) is 34.0 Å². The Kier molecular flexibility index (Phi) is 9.95. The van der Waals surface area contributed by atoms with Gasteiger partial charge in [0.25, 0.3) is 5.95 Å². The van der Waals surface area contributed by atoms with Crippen LogP contribution in [0.2, 0.25) is 0 Å². The van der Waals surface area contributed by atoms with Gasteiger partial charge in [-0.15, -0.1) is 0 Å². The molecule has 2 atom stereocenters. The molecule has 1 aliphatic carbocycles. The van der Waals surface area contributed by atoms with E-state index >= 15 is 0 Å². The van der Waals surface area contributed by atoms with Gasteiger partial charge in [-0.2, -0.15) is 0 Å². The molecule has 10 nitrogen and oxygen atoms in total. The molecule has 0 spiro atoms. The standard InChI is InChI=1S/C24H34O10/c1-6-29-20(26)17-18(22(31-8-3)34-19(17)21(27)30-7-2)24(23(28)32-9-4)14-16(24)12-10-11-13-33-15(5)25/h16H,6-14H2,1-5H3/t16-,24+/m0/s1. The molecule has 1 fully saturated rings. The minimum Gasteiger partial charge on any atom is -0.466 e. The zero-order valence-electron chi connectivity index (χ0n) is 20.5. The minimum atomic E-state index is -1.22. The van der Waals surface area contributed by atoms with E-state index in [1.54, 1.807) is 27.7 Å². The summed E-state index contributed by atoms with van der Waals surface area (Å²) in [6.07, 6.45) is 2.29. The van der Waals surface area contributed by atoms with Crippen LogP contribution >= 0.6 is 0 Å². The van der Waals surface area contributed by atoms with Crippen molar-refractivity contribution in [2.24, 2.45) is 5.92 Å². The van der Waals surface area contributed by atoms with Crippen LogP contribution in [0.3, 0.4) is 0 Å². The fraction of sp³-hybridized carbons (Fsp3) is 0.667. The van der Waals surface area contributed by atoms with Crippen molar-refractivity contribution in [1.82, 2.24) is 0 Å². The molecule has 10 heteroatoms. The third-order valence-electron chi connectivity index (χ3n) is 5.53. The van der Waals surface area contributed by atoms with E-state index in [2.05, 4.69) is 0 Å². The zero-order valence-corrected chi connectivity index (χ0v) is 20.5. The van der Waals surface area contributed by atoms with Crippen LogP contribution in [0, 0.1) is 5.92 Å². The van der Waals surface area contributed by atoms with E-state index in [9.17, 15) is 19.2 Å². The number of furan rings is 1. The van der Waals surface area contributed by atoms with Crippen LogP contribution in [-0.4, -0.2) is 56.9 Å². The molecular weight excluding hydrogens is 448 g/mol. The lowest BCUT2D eigenvalue weighted by atomic mass is 9.89. The normalized spacial score (nSPS) is 18.7. The average molecular weight is 483 g/mol. The molecule has 1 heterocycles. The first-order valence-electron chi connectivity index (χ1n) is 11.7. The molecule has 1 aromatic rings. The molecule has 0 bridgehead atoms. The van der Waals surface area contributed by atoms with E-state index in [0.29, 0.717) is 25.7 Å². The van der Waals surface area contributed by atoms with Gasteiger partial charge < -0.3 is 28.1 Å². The molecule has 0 unspecified atom stereocenters. The second-order valence-corrected chi connectivity index (χ2v) is 7.77. The predicted molar refractivity (Wildman–Crippen MR) is 119 cm³/mol. The van der Waals surface area contributed by atoms with Gasteiger partial charge in [-0.1, -0.05) is 0 Å². The van der Waals surface area contributed by atoms with Gasteiger partial charge in [0.2, 0.25) is 5.76 Å². The molecule has 0 aromatic carbocycles. The zero-order chi connectivity index (χ0) is 25.3. The van der Waals surface area contributed by atoms with Crippen molar-refractivity contribution in [3.05, 3.63) is 16.9 Å². The fourth-order valence-corrected chi connectivity index (χ4v) is 4.09. The highest BCUT2D eigenvalue weighted by molar-refractivity contribution is 6.05. The van der Waals surface area contributed by atoms with Gasteiger partial charge in [0.1, 0.15) is 11.0 Å². The molecule has 0 radical (unpaired) electrons. The van der Waals surface area contributed by atoms with Crippen LogP contribution in [0.4, 0.5) is 0 Å². The molecule has 0 aliphatic heterocycles. The Hall–Kier alpha value is -3.04. The number of hydrogen-bond donors (Lipinski definition) is 0. The molecule has 2 rings (SSSR count). The van der Waals surface area contributed by atoms with E-state index in [4.69, 9.17) is 28.1 Å². The maximum atomic E-state index is 13.3. The van der Waals surface area contributed by atoms with Gasteiger partial charge in [-0.3, -0.25) is 9.59 Å². The van der Waals surface area contributed by atoms with Gasteiger partial charge in [0.15, 0.2) is 0 Å². The van der Waals surface area contributed by atoms with E-state index < -0.39 is 23.3 Å². The minimum absolute atomic E-state index is 0.0572. The van der Waals surface area contributed by atoms with Crippen LogP contribution in [0.25, 0.3) is 0 Å². The highest BCUT2D eigenvalue weighted by Crippen LogP contribution is 2.61. The number of carbonyl (C=O) groups excluding carboxylic acids is 4. The summed E-state index contributed by atoms with van der Waals surface area (Å²) in [7, 11) is 0. The van der Waals surface area contributed by atoms with Crippen molar-refractivity contribution in [1.29, 1.82) is 0 Å². The number of rotatable bonds is 14. The summed E-state index contributed by atoms with van der Waals surface area (Å²) in [4.78, 5) is 49.8. The summed E-state index contributed by atoms with van der Waals surface area (Å²) in [6, 6.07) is 0. The molecular formula is C24H34O10. The Labute approximate surface area is 199 Å².